The van der Waals surface area contributed by atoms with Crippen LogP contribution in [0.4, 0.5) is 18.9 Å². The summed E-state index contributed by atoms with van der Waals surface area (Å²) in [6, 6.07) is 19.9. The van der Waals surface area contributed by atoms with Crippen LogP contribution in [0.2, 0.25) is 0 Å². The second kappa shape index (κ2) is 9.80. The van der Waals surface area contributed by atoms with Crippen molar-refractivity contribution in [3.63, 3.8) is 0 Å². The number of carbonyl (C=O) groups is 2. The number of rotatable bonds is 3. The van der Waals surface area contributed by atoms with Crippen molar-refractivity contribution in [2.75, 3.05) is 24.5 Å². The Morgan fingerprint density at radius 2 is 1.69 bits per heavy atom. The molecule has 0 radical (unpaired) electrons. The Kier molecular flexibility index (Phi) is 6.16. The molecule has 212 valence electrons. The molecule has 0 saturated carbocycles. The molecular weight excluding hydrogens is 563 g/mol. The highest BCUT2D eigenvalue weighted by molar-refractivity contribution is 7.16. The van der Waals surface area contributed by atoms with Gasteiger partial charge in [-0.3, -0.25) is 14.7 Å². The van der Waals surface area contributed by atoms with Crippen molar-refractivity contribution in [3.8, 4) is 11.3 Å². The fourth-order valence-corrected chi connectivity index (χ4v) is 6.88. The van der Waals surface area contributed by atoms with Crippen molar-refractivity contribution in [1.82, 2.24) is 20.1 Å². The number of amides is 2. The topological polar surface area (TPSA) is 82.2 Å². The van der Waals surface area contributed by atoms with E-state index in [1.54, 1.807) is 10.4 Å². The number of nitrogens with one attached hydrogen (secondary N) is 1. The van der Waals surface area contributed by atoms with Crippen LogP contribution in [0.3, 0.4) is 0 Å². The van der Waals surface area contributed by atoms with Gasteiger partial charge in [-0.15, -0.1) is 11.3 Å². The van der Waals surface area contributed by atoms with Crippen LogP contribution in [0.15, 0.2) is 78.3 Å². The molecule has 1 saturated heterocycles. The van der Waals surface area contributed by atoms with E-state index in [1.807, 2.05) is 47.4 Å². The molecule has 1 fully saturated rings. The first kappa shape index (κ1) is 26.4. The molecule has 7 rings (SSSR count). The van der Waals surface area contributed by atoms with Crippen molar-refractivity contribution in [2.24, 2.45) is 0 Å². The Bertz CT molecular complexity index is 1840. The summed E-state index contributed by atoms with van der Waals surface area (Å²) in [6.07, 6.45) is -3.21. The average Bonchev–Trinajstić information content (AvgIpc) is 3.75. The van der Waals surface area contributed by atoms with E-state index in [9.17, 15) is 22.8 Å². The van der Waals surface area contributed by atoms with Gasteiger partial charge in [0.2, 0.25) is 0 Å². The molecular formula is C31H24F3N5O2S. The molecule has 0 aliphatic carbocycles. The van der Waals surface area contributed by atoms with Crippen LogP contribution < -0.4 is 4.90 Å². The molecule has 5 aromatic rings. The van der Waals surface area contributed by atoms with E-state index in [0.29, 0.717) is 38.0 Å². The number of carbonyl (C=O) groups excluding carboxylic acids is 2. The Balaban J connectivity index is 1.12. The predicted octanol–water partition coefficient (Wildman–Crippen LogP) is 6.54. The third-order valence-electron chi connectivity index (χ3n) is 8.37. The van der Waals surface area contributed by atoms with Crippen LogP contribution >= 0.6 is 11.3 Å². The maximum Gasteiger partial charge on any atom is 0.417 e. The van der Waals surface area contributed by atoms with E-state index >= 15 is 0 Å². The molecule has 1 spiro atoms. The molecule has 2 aromatic heterocycles. The Morgan fingerprint density at radius 3 is 2.50 bits per heavy atom. The van der Waals surface area contributed by atoms with Gasteiger partial charge in [0.25, 0.3) is 11.8 Å². The molecule has 42 heavy (non-hydrogen) atoms. The van der Waals surface area contributed by atoms with Crippen molar-refractivity contribution in [2.45, 2.75) is 24.4 Å². The van der Waals surface area contributed by atoms with E-state index in [0.717, 1.165) is 27.5 Å². The monoisotopic (exact) mass is 587 g/mol. The minimum atomic E-state index is -4.55. The largest absolute Gasteiger partial charge is 0.417 e. The second-order valence-corrected chi connectivity index (χ2v) is 11.6. The fourth-order valence-electron chi connectivity index (χ4n) is 6.22. The van der Waals surface area contributed by atoms with Crippen molar-refractivity contribution in [1.29, 1.82) is 0 Å². The van der Waals surface area contributed by atoms with Crippen molar-refractivity contribution in [3.05, 3.63) is 101 Å². The van der Waals surface area contributed by atoms with E-state index in [2.05, 4.69) is 15.2 Å². The zero-order chi connectivity index (χ0) is 29.1. The van der Waals surface area contributed by atoms with Gasteiger partial charge in [0.05, 0.1) is 27.0 Å². The molecule has 0 unspecified atom stereocenters. The van der Waals surface area contributed by atoms with Crippen LogP contribution in [0.5, 0.6) is 0 Å². The van der Waals surface area contributed by atoms with Gasteiger partial charge in [0, 0.05) is 41.9 Å². The number of piperidine rings is 1. The highest BCUT2D eigenvalue weighted by Gasteiger charge is 2.47. The number of para-hydroxylation sites is 1. The summed E-state index contributed by atoms with van der Waals surface area (Å²) in [7, 11) is 0. The SMILES string of the molecule is O=C(c1ccc2scnc2c1)N1CCC2(CC1)CN(C(=O)c1cc(-c3ccccc3C(F)(F)F)n[nH]1)c1ccccc12. The number of H-pyrrole nitrogens is 1. The van der Waals surface area contributed by atoms with Gasteiger partial charge >= 0.3 is 6.18 Å². The zero-order valence-corrected chi connectivity index (χ0v) is 23.0. The molecule has 2 amide bonds. The first-order chi connectivity index (χ1) is 20.2. The van der Waals surface area contributed by atoms with Crippen molar-refractivity contribution < 1.29 is 22.8 Å². The highest BCUT2D eigenvalue weighted by Crippen LogP contribution is 2.47. The lowest BCUT2D eigenvalue weighted by Crippen LogP contribution is -2.47. The summed E-state index contributed by atoms with van der Waals surface area (Å²) in [6.45, 7) is 1.48. The number of hydrogen-bond donors (Lipinski definition) is 1. The zero-order valence-electron chi connectivity index (χ0n) is 22.2. The number of likely N-dealkylation sites (tertiary alicyclic amines) is 1. The Hall–Kier alpha value is -4.51. The summed E-state index contributed by atoms with van der Waals surface area (Å²) in [5.74, 6) is -0.402. The minimum Gasteiger partial charge on any atom is -0.339 e. The van der Waals surface area contributed by atoms with Crippen LogP contribution in [0, 0.1) is 0 Å². The normalized spacial score (nSPS) is 16.3. The van der Waals surface area contributed by atoms with Crippen LogP contribution in [0.25, 0.3) is 21.5 Å². The van der Waals surface area contributed by atoms with Gasteiger partial charge in [0.1, 0.15) is 5.69 Å². The average molecular weight is 588 g/mol. The molecule has 2 aliphatic heterocycles. The number of nitrogens with zero attached hydrogens (tertiary/aromatic N) is 4. The maximum absolute atomic E-state index is 13.8. The summed E-state index contributed by atoms with van der Waals surface area (Å²) >= 11 is 1.53. The number of thiazole rings is 1. The summed E-state index contributed by atoms with van der Waals surface area (Å²) < 4.78 is 41.8. The smallest absolute Gasteiger partial charge is 0.339 e. The molecule has 7 nitrogen and oxygen atoms in total. The second-order valence-electron chi connectivity index (χ2n) is 10.7. The van der Waals surface area contributed by atoms with Gasteiger partial charge in [0.15, 0.2) is 0 Å². The molecule has 1 N–H and O–H groups in total. The standard InChI is InChI=1S/C31H24F3N5O2S/c32-31(33,34)21-6-2-1-5-20(21)23-16-25(37-36-23)29(41)39-17-30(22-7-3-4-8-26(22)39)11-13-38(14-12-30)28(40)19-9-10-27-24(15-19)35-18-42-27/h1-10,15-16,18H,11-14,17H2,(H,36,37). The summed E-state index contributed by atoms with van der Waals surface area (Å²) in [4.78, 5) is 35.0. The number of anilines is 1. The third kappa shape index (κ3) is 4.35. The lowest BCUT2D eigenvalue weighted by atomic mass is 9.74. The van der Waals surface area contributed by atoms with Gasteiger partial charge in [-0.1, -0.05) is 36.4 Å². The minimum absolute atomic E-state index is 0.0388. The molecule has 4 heterocycles. The van der Waals surface area contributed by atoms with E-state index in [1.165, 1.54) is 35.6 Å². The van der Waals surface area contributed by atoms with Gasteiger partial charge in [-0.25, -0.2) is 4.98 Å². The van der Waals surface area contributed by atoms with Gasteiger partial charge in [-0.05, 0) is 54.8 Å². The molecule has 2 aliphatic rings. The Labute approximate surface area is 242 Å². The maximum atomic E-state index is 13.8. The third-order valence-corrected chi connectivity index (χ3v) is 9.18. The number of hydrogen-bond acceptors (Lipinski definition) is 5. The van der Waals surface area contributed by atoms with Gasteiger partial charge in [-0.2, -0.15) is 18.3 Å². The van der Waals surface area contributed by atoms with Crippen LogP contribution in [-0.2, 0) is 11.6 Å². The van der Waals surface area contributed by atoms with E-state index in [4.69, 9.17) is 0 Å². The Morgan fingerprint density at radius 1 is 0.929 bits per heavy atom. The summed E-state index contributed by atoms with van der Waals surface area (Å²) in [5, 5.41) is 6.73. The molecule has 11 heteroatoms. The lowest BCUT2D eigenvalue weighted by molar-refractivity contribution is -0.137. The number of aromatic amines is 1. The quantitative estimate of drug-likeness (QED) is 0.260. The summed E-state index contributed by atoms with van der Waals surface area (Å²) in [5.41, 5.74) is 3.90. The number of halogens is 3. The number of fused-ring (bicyclic) bond motifs is 3. The van der Waals surface area contributed by atoms with Gasteiger partial charge < -0.3 is 9.80 Å². The molecule has 0 bridgehead atoms. The van der Waals surface area contributed by atoms with E-state index in [-0.39, 0.29) is 34.2 Å². The lowest BCUT2D eigenvalue weighted by Gasteiger charge is -2.40. The number of benzene rings is 3. The fraction of sp³-hybridized carbons (Fsp3) is 0.226. The first-order valence-corrected chi connectivity index (χ1v) is 14.4. The van der Waals surface area contributed by atoms with Crippen LogP contribution in [-0.4, -0.2) is 51.5 Å². The number of aromatic nitrogens is 3. The first-order valence-electron chi connectivity index (χ1n) is 13.5. The van der Waals surface area contributed by atoms with Crippen LogP contribution in [0.1, 0.15) is 44.8 Å². The van der Waals surface area contributed by atoms with E-state index < -0.39 is 11.7 Å². The predicted molar refractivity (Wildman–Crippen MR) is 154 cm³/mol. The highest BCUT2D eigenvalue weighted by atomic mass is 32.1. The number of alkyl halides is 3. The van der Waals surface area contributed by atoms with Crippen molar-refractivity contribution >= 4 is 39.1 Å². The molecule has 0 atom stereocenters. The molecule has 3 aromatic carbocycles.